The number of ether oxygens (including phenoxy) is 4. The van der Waals surface area contributed by atoms with Gasteiger partial charge in [0.25, 0.3) is 0 Å². The topological polar surface area (TPSA) is 125 Å². The molecule has 9 heteroatoms. The highest BCUT2D eigenvalue weighted by atomic mass is 16.6. The summed E-state index contributed by atoms with van der Waals surface area (Å²) in [5, 5.41) is 9.03. The molecule has 0 aliphatic rings. The van der Waals surface area contributed by atoms with Crippen LogP contribution in [0.1, 0.15) is 25.7 Å². The van der Waals surface area contributed by atoms with Gasteiger partial charge in [0.2, 0.25) is 0 Å². The first kappa shape index (κ1) is 19.8. The molecule has 0 fully saturated rings. The zero-order valence-electron chi connectivity index (χ0n) is 12.5. The van der Waals surface area contributed by atoms with E-state index in [2.05, 4.69) is 9.47 Å². The highest BCUT2D eigenvalue weighted by Gasteiger charge is 2.17. The second-order valence-corrected chi connectivity index (χ2v) is 4.13. The maximum absolute atomic E-state index is 11.4. The number of hydrogen-bond acceptors (Lipinski definition) is 9. The number of rotatable bonds is 10. The van der Waals surface area contributed by atoms with Gasteiger partial charge >= 0.3 is 23.9 Å². The summed E-state index contributed by atoms with van der Waals surface area (Å²) >= 11 is 0. The van der Waals surface area contributed by atoms with E-state index in [0.717, 1.165) is 0 Å². The third kappa shape index (κ3) is 9.70. The monoisotopic (exact) mass is 320 g/mol. The molecule has 0 amide bonds. The van der Waals surface area contributed by atoms with Crippen LogP contribution in [0.4, 0.5) is 0 Å². The summed E-state index contributed by atoms with van der Waals surface area (Å²) < 4.78 is 18.3. The molecule has 0 aliphatic heterocycles. The van der Waals surface area contributed by atoms with Crippen LogP contribution in [0.25, 0.3) is 0 Å². The molecule has 0 spiro atoms. The molecular weight excluding hydrogens is 300 g/mol. The highest BCUT2D eigenvalue weighted by molar-refractivity contribution is 5.78. The molecule has 0 aromatic carbocycles. The fourth-order valence-corrected chi connectivity index (χ4v) is 1.24. The molecular formula is C13H20O9. The molecule has 0 aromatic rings. The normalized spacial score (nSPS) is 11.2. The zero-order valence-corrected chi connectivity index (χ0v) is 12.5. The molecule has 0 aliphatic carbocycles. The Morgan fingerprint density at radius 3 is 1.73 bits per heavy atom. The maximum atomic E-state index is 11.4. The van der Waals surface area contributed by atoms with Crippen LogP contribution in [-0.2, 0) is 38.1 Å². The maximum Gasteiger partial charge on any atom is 0.306 e. The number of esters is 4. The summed E-state index contributed by atoms with van der Waals surface area (Å²) in [5.74, 6) is -2.53. The van der Waals surface area contributed by atoms with Gasteiger partial charge in [0.1, 0.15) is 6.61 Å². The van der Waals surface area contributed by atoms with Crippen molar-refractivity contribution in [1.82, 2.24) is 0 Å². The number of carbonyl (C=O) groups is 4. The van der Waals surface area contributed by atoms with E-state index in [4.69, 9.17) is 14.6 Å². The van der Waals surface area contributed by atoms with Crippen molar-refractivity contribution < 1.29 is 43.2 Å². The van der Waals surface area contributed by atoms with Crippen LogP contribution in [0.5, 0.6) is 0 Å². The van der Waals surface area contributed by atoms with Gasteiger partial charge in [-0.1, -0.05) is 0 Å². The first-order valence-corrected chi connectivity index (χ1v) is 6.52. The van der Waals surface area contributed by atoms with Crippen molar-refractivity contribution in [3.05, 3.63) is 0 Å². The molecule has 0 aromatic heterocycles. The van der Waals surface area contributed by atoms with Gasteiger partial charge in [0, 0.05) is 0 Å². The molecule has 0 bridgehead atoms. The average molecular weight is 320 g/mol. The SMILES string of the molecule is COC(=O)CCC(=O)OCC(CO)OC(=O)CCC(=O)OC. The Hall–Kier alpha value is -2.16. The predicted octanol–water partition coefficient (Wildman–Crippen LogP) is -0.660. The van der Waals surface area contributed by atoms with Gasteiger partial charge in [-0.15, -0.1) is 0 Å². The molecule has 0 radical (unpaired) electrons. The van der Waals surface area contributed by atoms with Crippen LogP contribution in [0, 0.1) is 0 Å². The molecule has 1 unspecified atom stereocenters. The summed E-state index contributed by atoms with van der Waals surface area (Å²) in [6.45, 7) is -0.894. The average Bonchev–Trinajstić information content (AvgIpc) is 2.53. The molecule has 22 heavy (non-hydrogen) atoms. The van der Waals surface area contributed by atoms with Gasteiger partial charge in [-0.05, 0) is 0 Å². The lowest BCUT2D eigenvalue weighted by molar-refractivity contribution is -0.163. The molecule has 1 atom stereocenters. The van der Waals surface area contributed by atoms with E-state index >= 15 is 0 Å². The predicted molar refractivity (Wildman–Crippen MR) is 70.4 cm³/mol. The van der Waals surface area contributed by atoms with E-state index in [1.807, 2.05) is 0 Å². The van der Waals surface area contributed by atoms with Crippen LogP contribution in [-0.4, -0.2) is 62.5 Å². The largest absolute Gasteiger partial charge is 0.469 e. The van der Waals surface area contributed by atoms with Gasteiger partial charge in [0.05, 0.1) is 46.5 Å². The summed E-state index contributed by atoms with van der Waals surface area (Å²) in [5.41, 5.74) is 0. The summed E-state index contributed by atoms with van der Waals surface area (Å²) in [7, 11) is 2.39. The lowest BCUT2D eigenvalue weighted by atomic mass is 10.3. The van der Waals surface area contributed by atoms with Crippen molar-refractivity contribution in [3.8, 4) is 0 Å². The Balaban J connectivity index is 4.00. The third-order valence-electron chi connectivity index (χ3n) is 2.45. The highest BCUT2D eigenvalue weighted by Crippen LogP contribution is 2.02. The quantitative estimate of drug-likeness (QED) is 0.412. The molecule has 0 heterocycles. The third-order valence-corrected chi connectivity index (χ3v) is 2.45. The number of carbonyl (C=O) groups excluding carboxylic acids is 4. The molecule has 1 N–H and O–H groups in total. The summed E-state index contributed by atoms with van der Waals surface area (Å²) in [6.07, 6.45) is -1.70. The first-order chi connectivity index (χ1) is 10.4. The van der Waals surface area contributed by atoms with Gasteiger partial charge in [0.15, 0.2) is 6.10 Å². The van der Waals surface area contributed by atoms with E-state index in [1.165, 1.54) is 14.2 Å². The Kier molecular flexibility index (Phi) is 10.4. The molecule has 0 rings (SSSR count). The number of methoxy groups -OCH3 is 2. The van der Waals surface area contributed by atoms with Crippen molar-refractivity contribution in [3.63, 3.8) is 0 Å². The second kappa shape index (κ2) is 11.5. The fraction of sp³-hybridized carbons (Fsp3) is 0.692. The Bertz CT molecular complexity index is 391. The van der Waals surface area contributed by atoms with Crippen LogP contribution < -0.4 is 0 Å². The van der Waals surface area contributed by atoms with Gasteiger partial charge in [-0.3, -0.25) is 19.2 Å². The van der Waals surface area contributed by atoms with Crippen molar-refractivity contribution >= 4 is 23.9 Å². The van der Waals surface area contributed by atoms with E-state index in [1.54, 1.807) is 0 Å². The smallest absolute Gasteiger partial charge is 0.306 e. The van der Waals surface area contributed by atoms with E-state index in [0.29, 0.717) is 0 Å². The van der Waals surface area contributed by atoms with E-state index in [9.17, 15) is 19.2 Å². The fourth-order valence-electron chi connectivity index (χ4n) is 1.24. The minimum absolute atomic E-state index is 0.127. The van der Waals surface area contributed by atoms with E-state index < -0.39 is 36.6 Å². The van der Waals surface area contributed by atoms with Crippen molar-refractivity contribution in [2.45, 2.75) is 31.8 Å². The Morgan fingerprint density at radius 2 is 1.27 bits per heavy atom. The van der Waals surface area contributed by atoms with Gasteiger partial charge < -0.3 is 24.1 Å². The van der Waals surface area contributed by atoms with E-state index in [-0.39, 0.29) is 32.3 Å². The van der Waals surface area contributed by atoms with Gasteiger partial charge in [-0.2, -0.15) is 0 Å². The Morgan fingerprint density at radius 1 is 0.818 bits per heavy atom. The van der Waals surface area contributed by atoms with Crippen LogP contribution in [0.3, 0.4) is 0 Å². The minimum Gasteiger partial charge on any atom is -0.469 e. The van der Waals surface area contributed by atoms with Crippen molar-refractivity contribution in [1.29, 1.82) is 0 Å². The molecule has 0 saturated carbocycles. The van der Waals surface area contributed by atoms with Crippen molar-refractivity contribution in [2.24, 2.45) is 0 Å². The first-order valence-electron chi connectivity index (χ1n) is 6.52. The number of aliphatic hydroxyl groups is 1. The lowest BCUT2D eigenvalue weighted by Gasteiger charge is -2.15. The Labute approximate surface area is 127 Å². The standard InChI is InChI=1S/C13H20O9/c1-19-10(15)3-5-12(17)21-8-9(7-14)22-13(18)6-4-11(16)20-2/h9,14H,3-8H2,1-2H3. The van der Waals surface area contributed by atoms with Crippen LogP contribution >= 0.6 is 0 Å². The number of hydrogen-bond donors (Lipinski definition) is 1. The van der Waals surface area contributed by atoms with Crippen LogP contribution in [0.15, 0.2) is 0 Å². The summed E-state index contributed by atoms with van der Waals surface area (Å²) in [4.78, 5) is 44.4. The molecule has 126 valence electrons. The minimum atomic E-state index is -1.03. The zero-order chi connectivity index (χ0) is 17.0. The van der Waals surface area contributed by atoms with Gasteiger partial charge in [-0.25, -0.2) is 0 Å². The second-order valence-electron chi connectivity index (χ2n) is 4.13. The van der Waals surface area contributed by atoms with Crippen molar-refractivity contribution in [2.75, 3.05) is 27.4 Å². The molecule has 0 saturated heterocycles. The molecule has 9 nitrogen and oxygen atoms in total. The number of aliphatic hydroxyl groups excluding tert-OH is 1. The van der Waals surface area contributed by atoms with Crippen LogP contribution in [0.2, 0.25) is 0 Å². The lowest BCUT2D eigenvalue weighted by Crippen LogP contribution is -2.28. The summed E-state index contributed by atoms with van der Waals surface area (Å²) in [6, 6.07) is 0.